The Kier molecular flexibility index (Phi) is 4.48. The molecule has 9 heteroatoms. The van der Waals surface area contributed by atoms with Crippen LogP contribution in [-0.4, -0.2) is 36.4 Å². The van der Waals surface area contributed by atoms with Gasteiger partial charge >= 0.3 is 0 Å². The van der Waals surface area contributed by atoms with Gasteiger partial charge in [0.1, 0.15) is 5.03 Å². The molecule has 0 fully saturated rings. The smallest absolute Gasteiger partial charge is 0.213 e. The summed E-state index contributed by atoms with van der Waals surface area (Å²) in [7, 11) is -2.23. The second-order valence-electron chi connectivity index (χ2n) is 5.00. The summed E-state index contributed by atoms with van der Waals surface area (Å²) in [6.07, 6.45) is 3.33. The summed E-state index contributed by atoms with van der Waals surface area (Å²) in [5.41, 5.74) is 7.04. The van der Waals surface area contributed by atoms with Crippen molar-refractivity contribution < 1.29 is 13.2 Å². The lowest BCUT2D eigenvalue weighted by molar-refractivity contribution is 0.182. The van der Waals surface area contributed by atoms with Crippen LogP contribution >= 0.6 is 11.8 Å². The third-order valence-corrected chi connectivity index (χ3v) is 6.05. The van der Waals surface area contributed by atoms with E-state index in [-0.39, 0.29) is 22.0 Å². The van der Waals surface area contributed by atoms with Gasteiger partial charge in [-0.25, -0.2) is 17.9 Å². The zero-order valence-corrected chi connectivity index (χ0v) is 14.8. The second-order valence-corrected chi connectivity index (χ2v) is 7.68. The standard InChI is InChI=1S/C15H16N4O3S2/c1-22-9-12-11(16)8-19-14(17-12)13(15(18-19)23-2)24(20,21)10-6-4-3-5-7-10/h3-8H,9,16H2,1-2H3. The number of benzene rings is 1. The van der Waals surface area contributed by atoms with E-state index in [2.05, 4.69) is 10.1 Å². The van der Waals surface area contributed by atoms with Crippen molar-refractivity contribution in [2.75, 3.05) is 19.1 Å². The van der Waals surface area contributed by atoms with Gasteiger partial charge in [-0.05, 0) is 18.4 Å². The van der Waals surface area contributed by atoms with Gasteiger partial charge in [0.05, 0.1) is 29.1 Å². The highest BCUT2D eigenvalue weighted by Crippen LogP contribution is 2.32. The minimum Gasteiger partial charge on any atom is -0.396 e. The Morgan fingerprint density at radius 2 is 2.00 bits per heavy atom. The minimum absolute atomic E-state index is 0.0820. The lowest BCUT2D eigenvalue weighted by Crippen LogP contribution is -2.07. The summed E-state index contributed by atoms with van der Waals surface area (Å²) in [6.45, 7) is 0.187. The average molecular weight is 364 g/mol. The molecule has 0 aliphatic heterocycles. The lowest BCUT2D eigenvalue weighted by atomic mass is 10.3. The molecular formula is C15H16N4O3S2. The van der Waals surface area contributed by atoms with E-state index < -0.39 is 9.84 Å². The number of nitrogens with zero attached hydrogens (tertiary/aromatic N) is 3. The molecular weight excluding hydrogens is 348 g/mol. The zero-order valence-electron chi connectivity index (χ0n) is 13.1. The molecule has 0 spiro atoms. The summed E-state index contributed by atoms with van der Waals surface area (Å²) < 4.78 is 32.6. The summed E-state index contributed by atoms with van der Waals surface area (Å²) in [5, 5.41) is 4.68. The van der Waals surface area contributed by atoms with Crippen LogP contribution < -0.4 is 5.73 Å². The molecule has 3 aromatic rings. The molecule has 0 saturated heterocycles. The lowest BCUT2D eigenvalue weighted by Gasteiger charge is -2.06. The van der Waals surface area contributed by atoms with Crippen molar-refractivity contribution in [3.8, 4) is 0 Å². The van der Waals surface area contributed by atoms with Crippen molar-refractivity contribution in [2.24, 2.45) is 0 Å². The third kappa shape index (κ3) is 2.74. The summed E-state index contributed by atoms with van der Waals surface area (Å²) in [6, 6.07) is 8.23. The van der Waals surface area contributed by atoms with E-state index >= 15 is 0 Å². The quantitative estimate of drug-likeness (QED) is 0.691. The van der Waals surface area contributed by atoms with Gasteiger partial charge in [-0.2, -0.15) is 5.10 Å². The molecule has 0 bridgehead atoms. The van der Waals surface area contributed by atoms with Crippen LogP contribution in [0.4, 0.5) is 5.69 Å². The fourth-order valence-electron chi connectivity index (χ4n) is 2.32. The first kappa shape index (κ1) is 16.7. The SMILES string of the molecule is COCc1nc2c(S(=O)(=O)c3ccccc3)c(SC)nn2cc1N. The minimum atomic E-state index is -3.76. The van der Waals surface area contributed by atoms with E-state index in [1.807, 2.05) is 0 Å². The predicted octanol–water partition coefficient (Wildman–Crippen LogP) is 2.01. The fraction of sp³-hybridized carbons (Fsp3) is 0.200. The second kappa shape index (κ2) is 6.42. The van der Waals surface area contributed by atoms with Gasteiger partial charge in [-0.3, -0.25) is 0 Å². The molecule has 24 heavy (non-hydrogen) atoms. The third-order valence-electron chi connectivity index (χ3n) is 3.44. The molecule has 2 heterocycles. The number of methoxy groups -OCH3 is 1. The van der Waals surface area contributed by atoms with E-state index in [1.165, 1.54) is 23.4 Å². The molecule has 0 aliphatic rings. The molecule has 3 rings (SSSR count). The van der Waals surface area contributed by atoms with E-state index in [0.717, 1.165) is 0 Å². The number of hydrogen-bond donors (Lipinski definition) is 1. The largest absolute Gasteiger partial charge is 0.396 e. The molecule has 1 aromatic carbocycles. The van der Waals surface area contributed by atoms with Gasteiger partial charge in [-0.1, -0.05) is 18.2 Å². The van der Waals surface area contributed by atoms with Gasteiger partial charge in [-0.15, -0.1) is 11.8 Å². The van der Waals surface area contributed by atoms with E-state index in [9.17, 15) is 8.42 Å². The number of thioether (sulfide) groups is 1. The number of rotatable bonds is 5. The summed E-state index contributed by atoms with van der Waals surface area (Å²) in [4.78, 5) is 4.66. The fourth-order valence-corrected chi connectivity index (χ4v) is 4.75. The number of aromatic nitrogens is 3. The maximum atomic E-state index is 13.1. The molecule has 2 N–H and O–H groups in total. The monoisotopic (exact) mass is 364 g/mol. The molecule has 0 unspecified atom stereocenters. The zero-order chi connectivity index (χ0) is 17.3. The molecule has 0 saturated carbocycles. The maximum absolute atomic E-state index is 13.1. The van der Waals surface area contributed by atoms with E-state index in [4.69, 9.17) is 10.5 Å². The van der Waals surface area contributed by atoms with Crippen LogP contribution in [0, 0.1) is 0 Å². The predicted molar refractivity (Wildman–Crippen MR) is 91.8 cm³/mol. The van der Waals surface area contributed by atoms with Crippen molar-refractivity contribution in [1.29, 1.82) is 0 Å². The first-order valence-corrected chi connectivity index (χ1v) is 9.70. The molecule has 0 atom stereocenters. The van der Waals surface area contributed by atoms with Crippen LogP contribution in [0.2, 0.25) is 0 Å². The topological polar surface area (TPSA) is 99.6 Å². The van der Waals surface area contributed by atoms with Crippen LogP contribution in [0.25, 0.3) is 5.65 Å². The number of nitrogen functional groups attached to an aromatic ring is 1. The average Bonchev–Trinajstić information content (AvgIpc) is 2.94. The molecule has 0 radical (unpaired) electrons. The van der Waals surface area contributed by atoms with E-state index in [1.54, 1.807) is 42.8 Å². The van der Waals surface area contributed by atoms with Crippen LogP contribution in [-0.2, 0) is 21.2 Å². The Morgan fingerprint density at radius 3 is 2.62 bits per heavy atom. The Labute approximate surface area is 143 Å². The van der Waals surface area contributed by atoms with Gasteiger partial charge < -0.3 is 10.5 Å². The van der Waals surface area contributed by atoms with Crippen LogP contribution in [0.5, 0.6) is 0 Å². The first-order chi connectivity index (χ1) is 11.5. The normalized spacial score (nSPS) is 11.9. The van der Waals surface area contributed by atoms with Crippen LogP contribution in [0.1, 0.15) is 5.69 Å². The Morgan fingerprint density at radius 1 is 1.29 bits per heavy atom. The van der Waals surface area contributed by atoms with Crippen molar-refractivity contribution >= 4 is 32.9 Å². The Bertz CT molecular complexity index is 985. The van der Waals surface area contributed by atoms with Crippen molar-refractivity contribution in [3.63, 3.8) is 0 Å². The molecule has 0 amide bonds. The summed E-state index contributed by atoms with van der Waals surface area (Å²) in [5.74, 6) is 0. The van der Waals surface area contributed by atoms with Gasteiger partial charge in [0, 0.05) is 7.11 Å². The molecule has 7 nitrogen and oxygen atoms in total. The first-order valence-electron chi connectivity index (χ1n) is 7.00. The highest BCUT2D eigenvalue weighted by atomic mass is 32.2. The number of anilines is 1. The molecule has 2 aromatic heterocycles. The van der Waals surface area contributed by atoms with Gasteiger partial charge in [0.15, 0.2) is 10.5 Å². The number of sulfone groups is 1. The highest BCUT2D eigenvalue weighted by Gasteiger charge is 2.28. The number of fused-ring (bicyclic) bond motifs is 1. The van der Waals surface area contributed by atoms with Crippen LogP contribution in [0.3, 0.4) is 0 Å². The van der Waals surface area contributed by atoms with E-state index in [0.29, 0.717) is 16.4 Å². The van der Waals surface area contributed by atoms with Gasteiger partial charge in [0.2, 0.25) is 9.84 Å². The number of hydrogen-bond acceptors (Lipinski definition) is 7. The maximum Gasteiger partial charge on any atom is 0.213 e. The molecule has 0 aliphatic carbocycles. The van der Waals surface area contributed by atoms with Crippen molar-refractivity contribution in [2.45, 2.75) is 21.4 Å². The molecule has 126 valence electrons. The number of ether oxygens (including phenoxy) is 1. The number of nitrogens with two attached hydrogens (primary N) is 1. The Balaban J connectivity index is 2.32. The van der Waals surface area contributed by atoms with Crippen LogP contribution in [0.15, 0.2) is 51.3 Å². The van der Waals surface area contributed by atoms with Crippen molar-refractivity contribution in [3.05, 3.63) is 42.2 Å². The van der Waals surface area contributed by atoms with Crippen molar-refractivity contribution in [1.82, 2.24) is 14.6 Å². The Hall–Kier alpha value is -2.10. The van der Waals surface area contributed by atoms with Gasteiger partial charge in [0.25, 0.3) is 0 Å². The summed E-state index contributed by atoms with van der Waals surface area (Å²) >= 11 is 1.24. The highest BCUT2D eigenvalue weighted by molar-refractivity contribution is 7.99.